The molecular weight excluding hydrogens is 608 g/mol. The Labute approximate surface area is 249 Å². The van der Waals surface area contributed by atoms with E-state index in [0.717, 1.165) is 0 Å². The minimum atomic E-state index is -4.01. The summed E-state index contributed by atoms with van der Waals surface area (Å²) in [6.07, 6.45) is 0.833. The van der Waals surface area contributed by atoms with Crippen LogP contribution in [0.1, 0.15) is 51.5 Å². The van der Waals surface area contributed by atoms with Crippen molar-refractivity contribution in [1.29, 1.82) is 0 Å². The first-order valence-corrected chi connectivity index (χ1v) is 15.9. The second-order valence-electron chi connectivity index (χ2n) is 11.0. The molecule has 4 aromatic rings. The number of alkyl carbamates (subject to hydrolysis) is 1. The topological polar surface area (TPSA) is 150 Å². The zero-order chi connectivity index (χ0) is 31.1. The minimum Gasteiger partial charge on any atom is -0.469 e. The lowest BCUT2D eigenvalue weighted by molar-refractivity contribution is -0.140. The first-order valence-electron chi connectivity index (χ1n) is 13.4. The number of amides is 1. The molecule has 5 rings (SSSR count). The van der Waals surface area contributed by atoms with Gasteiger partial charge in [0.25, 0.3) is 6.43 Å². The Hall–Kier alpha value is -3.86. The standard InChI is InChI=1S/C26H31F2N7O6S2/c1-26(2,3)41-25(37)30-15-6-5-9-33(14-15)17-12-16(43(38,39)11-7-19(36)40-4)13-18-20(17)34-10-8-29-23(34)35(18)24-32-31-22(42-24)21(27)28/h8,10,12-13,15,21H,5-7,9,11,14H2,1-4H3,(H,30,37). The molecule has 232 valence electrons. The number of nitrogens with zero attached hydrogens (tertiary/aromatic N) is 6. The van der Waals surface area contributed by atoms with Gasteiger partial charge in [0.2, 0.25) is 10.9 Å². The van der Waals surface area contributed by atoms with Crippen LogP contribution in [0.4, 0.5) is 19.3 Å². The molecule has 1 N–H and O–H groups in total. The third kappa shape index (κ3) is 6.41. The van der Waals surface area contributed by atoms with E-state index in [2.05, 4.69) is 25.2 Å². The highest BCUT2D eigenvalue weighted by Gasteiger charge is 2.30. The normalized spacial score (nSPS) is 16.3. The lowest BCUT2D eigenvalue weighted by Gasteiger charge is -2.35. The third-order valence-corrected chi connectivity index (χ3v) is 9.41. The number of sulfone groups is 1. The average molecular weight is 640 g/mol. The molecular formula is C26H31F2N7O6S2. The molecule has 0 bridgehead atoms. The van der Waals surface area contributed by atoms with Crippen LogP contribution in [-0.4, -0.2) is 82.2 Å². The Bertz CT molecular complexity index is 1780. The van der Waals surface area contributed by atoms with Crippen molar-refractivity contribution in [3.63, 3.8) is 0 Å². The number of alkyl halides is 2. The van der Waals surface area contributed by atoms with E-state index in [1.807, 2.05) is 4.90 Å². The molecule has 0 aliphatic carbocycles. The highest BCUT2D eigenvalue weighted by atomic mass is 32.2. The molecule has 0 radical (unpaired) electrons. The van der Waals surface area contributed by atoms with Crippen molar-refractivity contribution < 1.29 is 36.3 Å². The number of fused-ring (bicyclic) bond motifs is 3. The summed E-state index contributed by atoms with van der Waals surface area (Å²) in [5, 5.41) is 10.0. The molecule has 17 heteroatoms. The fourth-order valence-corrected chi connectivity index (χ4v) is 6.94. The number of esters is 1. The van der Waals surface area contributed by atoms with E-state index >= 15 is 0 Å². The third-order valence-electron chi connectivity index (χ3n) is 6.80. The highest BCUT2D eigenvalue weighted by Crippen LogP contribution is 2.37. The molecule has 13 nitrogen and oxygen atoms in total. The smallest absolute Gasteiger partial charge is 0.407 e. The van der Waals surface area contributed by atoms with Gasteiger partial charge in [-0.25, -0.2) is 27.0 Å². The lowest BCUT2D eigenvalue weighted by atomic mass is 10.0. The van der Waals surface area contributed by atoms with E-state index in [-0.39, 0.29) is 22.5 Å². The molecule has 1 saturated heterocycles. The summed E-state index contributed by atoms with van der Waals surface area (Å²) in [5.74, 6) is -0.857. The van der Waals surface area contributed by atoms with Crippen molar-refractivity contribution in [2.45, 2.75) is 63.0 Å². The van der Waals surface area contributed by atoms with Gasteiger partial charge in [0.05, 0.1) is 40.9 Å². The molecule has 0 spiro atoms. The van der Waals surface area contributed by atoms with Crippen LogP contribution in [0.25, 0.3) is 21.9 Å². The van der Waals surface area contributed by atoms with Crippen LogP contribution >= 0.6 is 11.3 Å². The van der Waals surface area contributed by atoms with Gasteiger partial charge in [0.15, 0.2) is 14.8 Å². The number of methoxy groups -OCH3 is 1. The molecule has 0 saturated carbocycles. The molecule has 1 unspecified atom stereocenters. The van der Waals surface area contributed by atoms with E-state index in [4.69, 9.17) is 4.74 Å². The van der Waals surface area contributed by atoms with Crippen molar-refractivity contribution >= 4 is 55.7 Å². The largest absolute Gasteiger partial charge is 0.469 e. The summed E-state index contributed by atoms with van der Waals surface area (Å²) in [7, 11) is -2.84. The second kappa shape index (κ2) is 11.7. The summed E-state index contributed by atoms with van der Waals surface area (Å²) in [4.78, 5) is 30.6. The minimum absolute atomic E-state index is 0.0817. The number of halogens is 2. The van der Waals surface area contributed by atoms with Gasteiger partial charge in [-0.15, -0.1) is 10.2 Å². The Morgan fingerprint density at radius 1 is 1.23 bits per heavy atom. The molecule has 1 aliphatic rings. The number of imidazole rings is 2. The van der Waals surface area contributed by atoms with E-state index in [9.17, 15) is 26.8 Å². The van der Waals surface area contributed by atoms with Gasteiger partial charge in [-0.1, -0.05) is 11.3 Å². The van der Waals surface area contributed by atoms with Crippen LogP contribution in [0.15, 0.2) is 29.4 Å². The summed E-state index contributed by atoms with van der Waals surface area (Å²) in [6.45, 7) is 6.20. The van der Waals surface area contributed by atoms with Crippen molar-refractivity contribution in [3.8, 4) is 5.13 Å². The molecule has 1 amide bonds. The maximum absolute atomic E-state index is 13.5. The first-order chi connectivity index (χ1) is 20.3. The second-order valence-corrected chi connectivity index (χ2v) is 14.1. The van der Waals surface area contributed by atoms with E-state index in [1.54, 1.807) is 31.4 Å². The molecule has 1 fully saturated rings. The van der Waals surface area contributed by atoms with Gasteiger partial charge in [-0.05, 0) is 45.7 Å². The number of ether oxygens (including phenoxy) is 2. The van der Waals surface area contributed by atoms with Gasteiger partial charge in [-0.2, -0.15) is 0 Å². The molecule has 4 heterocycles. The molecule has 43 heavy (non-hydrogen) atoms. The number of rotatable bonds is 8. The van der Waals surface area contributed by atoms with Crippen LogP contribution in [0, 0.1) is 0 Å². The number of carbonyl (C=O) groups is 2. The Kier molecular flexibility index (Phi) is 8.30. The van der Waals surface area contributed by atoms with Gasteiger partial charge in [0, 0.05) is 31.5 Å². The summed E-state index contributed by atoms with van der Waals surface area (Å²) in [6, 6.07) is 2.65. The summed E-state index contributed by atoms with van der Waals surface area (Å²) >= 11 is 0.667. The monoisotopic (exact) mass is 639 g/mol. The number of benzene rings is 1. The number of carbonyl (C=O) groups excluding carboxylic acids is 2. The Morgan fingerprint density at radius 3 is 2.67 bits per heavy atom. The van der Waals surface area contributed by atoms with Crippen molar-refractivity contribution in [2.75, 3.05) is 30.9 Å². The zero-order valence-electron chi connectivity index (χ0n) is 23.9. The number of anilines is 1. The first kappa shape index (κ1) is 30.6. The summed E-state index contributed by atoms with van der Waals surface area (Å²) in [5.41, 5.74) is 0.746. The van der Waals surface area contributed by atoms with E-state index in [1.165, 1.54) is 30.0 Å². The summed E-state index contributed by atoms with van der Waals surface area (Å²) < 4.78 is 67.1. The van der Waals surface area contributed by atoms with Crippen LogP contribution in [-0.2, 0) is 24.1 Å². The van der Waals surface area contributed by atoms with Crippen molar-refractivity contribution in [2.24, 2.45) is 0 Å². The van der Waals surface area contributed by atoms with Crippen LogP contribution in [0.2, 0.25) is 0 Å². The SMILES string of the molecule is COC(=O)CCS(=O)(=O)c1cc(N2CCCC(NC(=O)OC(C)(C)C)C2)c2c(c1)n(-c1nnc(C(F)F)s1)c1nccn21. The fourth-order valence-electron chi connectivity index (χ4n) is 4.98. The predicted octanol–water partition coefficient (Wildman–Crippen LogP) is 3.90. The fraction of sp³-hybridized carbons (Fsp3) is 0.500. The number of hydrogen-bond acceptors (Lipinski definition) is 11. The molecule has 1 aromatic carbocycles. The molecule has 1 aliphatic heterocycles. The van der Waals surface area contributed by atoms with E-state index < -0.39 is 44.7 Å². The average Bonchev–Trinajstić information content (AvgIpc) is 3.66. The lowest BCUT2D eigenvalue weighted by Crippen LogP contribution is -2.49. The Balaban J connectivity index is 1.64. The van der Waals surface area contributed by atoms with Crippen LogP contribution in [0.5, 0.6) is 0 Å². The highest BCUT2D eigenvalue weighted by molar-refractivity contribution is 7.91. The van der Waals surface area contributed by atoms with Crippen LogP contribution in [0.3, 0.4) is 0 Å². The molecule has 1 atom stereocenters. The quantitative estimate of drug-likeness (QED) is 0.281. The van der Waals surface area contributed by atoms with Gasteiger partial charge in [-0.3, -0.25) is 13.8 Å². The molecule has 3 aromatic heterocycles. The van der Waals surface area contributed by atoms with Gasteiger partial charge < -0.3 is 19.7 Å². The number of nitrogens with one attached hydrogen (secondary N) is 1. The maximum atomic E-state index is 13.5. The number of piperidine rings is 1. The number of hydrogen-bond donors (Lipinski definition) is 1. The number of aromatic nitrogens is 5. The zero-order valence-corrected chi connectivity index (χ0v) is 25.5. The van der Waals surface area contributed by atoms with Gasteiger partial charge >= 0.3 is 12.1 Å². The van der Waals surface area contributed by atoms with Crippen molar-refractivity contribution in [1.82, 2.24) is 29.5 Å². The van der Waals surface area contributed by atoms with Crippen molar-refractivity contribution in [3.05, 3.63) is 29.5 Å². The predicted molar refractivity (Wildman–Crippen MR) is 154 cm³/mol. The maximum Gasteiger partial charge on any atom is 0.407 e. The Morgan fingerprint density at radius 2 is 2.00 bits per heavy atom. The van der Waals surface area contributed by atoms with Gasteiger partial charge in [0.1, 0.15) is 5.60 Å². The van der Waals surface area contributed by atoms with Crippen LogP contribution < -0.4 is 10.2 Å². The van der Waals surface area contributed by atoms with E-state index in [0.29, 0.717) is 59.8 Å².